The van der Waals surface area contributed by atoms with Crippen LogP contribution in [0.15, 0.2) is 133 Å². The first-order valence-electron chi connectivity index (χ1n) is 14.3. The number of rotatable bonds is 1. The summed E-state index contributed by atoms with van der Waals surface area (Å²) in [7, 11) is 0. The first-order valence-corrected chi connectivity index (χ1v) is 14.3. The van der Waals surface area contributed by atoms with Gasteiger partial charge in [-0.1, -0.05) is 84.9 Å². The number of imidazole rings is 2. The Labute approximate surface area is 239 Å². The second kappa shape index (κ2) is 7.93. The van der Waals surface area contributed by atoms with E-state index in [4.69, 9.17) is 9.97 Å². The number of hydrogen-bond acceptors (Lipinski definition) is 2. The van der Waals surface area contributed by atoms with Crippen LogP contribution in [0.1, 0.15) is 0 Å². The Hall–Kier alpha value is -5.74. The summed E-state index contributed by atoms with van der Waals surface area (Å²) in [6, 6.07) is 47.7. The zero-order valence-corrected chi connectivity index (χ0v) is 22.5. The van der Waals surface area contributed by atoms with Crippen molar-refractivity contribution >= 4 is 76.7 Å². The van der Waals surface area contributed by atoms with Gasteiger partial charge >= 0.3 is 0 Å². The first kappa shape index (κ1) is 22.0. The van der Waals surface area contributed by atoms with E-state index in [9.17, 15) is 0 Å². The summed E-state index contributed by atoms with van der Waals surface area (Å²) in [5.74, 6) is 0. The fourth-order valence-electron chi connectivity index (χ4n) is 6.98. The van der Waals surface area contributed by atoms with E-state index >= 15 is 0 Å². The molecule has 0 amide bonds. The predicted molar refractivity (Wildman–Crippen MR) is 174 cm³/mol. The molecule has 0 N–H and O–H groups in total. The van der Waals surface area contributed by atoms with Gasteiger partial charge in [-0.3, -0.25) is 8.80 Å². The summed E-state index contributed by atoms with van der Waals surface area (Å²) in [6.45, 7) is 0. The predicted octanol–water partition coefficient (Wildman–Crippen LogP) is 9.57. The van der Waals surface area contributed by atoms with Crippen LogP contribution in [0.3, 0.4) is 0 Å². The molecule has 42 heavy (non-hydrogen) atoms. The molecule has 10 aromatic rings. The lowest BCUT2D eigenvalue weighted by Gasteiger charge is -2.12. The van der Waals surface area contributed by atoms with Crippen LogP contribution in [0.2, 0.25) is 0 Å². The molecule has 0 atom stereocenters. The number of hydrogen-bond donors (Lipinski definition) is 0. The summed E-state index contributed by atoms with van der Waals surface area (Å²) in [5.41, 5.74) is 10.9. The summed E-state index contributed by atoms with van der Waals surface area (Å²) in [5, 5.41) is 7.18. The van der Waals surface area contributed by atoms with Crippen molar-refractivity contribution in [1.29, 1.82) is 0 Å². The lowest BCUT2D eigenvalue weighted by atomic mass is 9.96. The van der Waals surface area contributed by atoms with Crippen molar-refractivity contribution in [3.63, 3.8) is 0 Å². The molecule has 194 valence electrons. The Morgan fingerprint density at radius 2 is 0.738 bits per heavy atom. The largest absolute Gasteiger partial charge is 0.292 e. The second-order valence-electron chi connectivity index (χ2n) is 11.1. The summed E-state index contributed by atoms with van der Waals surface area (Å²) in [4.78, 5) is 10.3. The monoisotopic (exact) mass is 534 g/mol. The van der Waals surface area contributed by atoms with Gasteiger partial charge in [0.05, 0.1) is 33.1 Å². The van der Waals surface area contributed by atoms with Crippen LogP contribution >= 0.6 is 0 Å². The van der Waals surface area contributed by atoms with E-state index in [-0.39, 0.29) is 0 Å². The van der Waals surface area contributed by atoms with E-state index in [0.717, 1.165) is 55.3 Å². The van der Waals surface area contributed by atoms with Crippen LogP contribution < -0.4 is 0 Å². The lowest BCUT2D eigenvalue weighted by Crippen LogP contribution is -1.93. The van der Waals surface area contributed by atoms with Crippen molar-refractivity contribution < 1.29 is 0 Å². The molecule has 0 aliphatic rings. The van der Waals surface area contributed by atoms with E-state index in [1.54, 1.807) is 0 Å². The second-order valence-corrected chi connectivity index (χ2v) is 11.1. The molecule has 0 unspecified atom stereocenters. The first-order chi connectivity index (χ1) is 20.8. The molecule has 4 nitrogen and oxygen atoms in total. The number of benzene rings is 6. The summed E-state index contributed by atoms with van der Waals surface area (Å²) >= 11 is 0. The molecular weight excluding hydrogens is 512 g/mol. The zero-order chi connectivity index (χ0) is 27.4. The van der Waals surface area contributed by atoms with Crippen LogP contribution in [0.5, 0.6) is 0 Å². The van der Waals surface area contributed by atoms with Crippen LogP contribution in [0.25, 0.3) is 87.8 Å². The average Bonchev–Trinajstić information content (AvgIpc) is 3.65. The van der Waals surface area contributed by atoms with Gasteiger partial charge in [-0.2, -0.15) is 0 Å². The molecule has 4 heteroatoms. The maximum atomic E-state index is 5.13. The van der Waals surface area contributed by atoms with E-state index in [1.165, 1.54) is 32.6 Å². The van der Waals surface area contributed by atoms with Gasteiger partial charge in [0.2, 0.25) is 0 Å². The van der Waals surface area contributed by atoms with Crippen LogP contribution in [-0.2, 0) is 0 Å². The van der Waals surface area contributed by atoms with E-state index < -0.39 is 0 Å². The Morgan fingerprint density at radius 1 is 0.333 bits per heavy atom. The molecule has 0 aliphatic carbocycles. The lowest BCUT2D eigenvalue weighted by molar-refractivity contribution is 1.31. The fourth-order valence-corrected chi connectivity index (χ4v) is 6.98. The average molecular weight is 535 g/mol. The summed E-state index contributed by atoms with van der Waals surface area (Å²) in [6.07, 6.45) is 0. The van der Waals surface area contributed by atoms with E-state index in [0.29, 0.717) is 0 Å². The van der Waals surface area contributed by atoms with Crippen LogP contribution in [0, 0.1) is 0 Å². The third-order valence-electron chi connectivity index (χ3n) is 8.85. The number of pyridine rings is 2. The van der Waals surface area contributed by atoms with Crippen molar-refractivity contribution in [2.45, 2.75) is 0 Å². The third-order valence-corrected chi connectivity index (χ3v) is 8.85. The quantitative estimate of drug-likeness (QED) is 0.197. The number of nitrogens with zero attached hydrogens (tertiary/aromatic N) is 4. The van der Waals surface area contributed by atoms with Gasteiger partial charge in [-0.15, -0.1) is 0 Å². The van der Waals surface area contributed by atoms with Crippen molar-refractivity contribution in [2.24, 2.45) is 0 Å². The number of para-hydroxylation sites is 6. The molecule has 4 aromatic heterocycles. The molecule has 0 fully saturated rings. The van der Waals surface area contributed by atoms with Gasteiger partial charge in [-0.05, 0) is 70.4 Å². The number of aromatic nitrogens is 4. The van der Waals surface area contributed by atoms with E-state index in [1.807, 2.05) is 0 Å². The molecule has 4 heterocycles. The van der Waals surface area contributed by atoms with Crippen molar-refractivity contribution in [3.05, 3.63) is 133 Å². The highest BCUT2D eigenvalue weighted by molar-refractivity contribution is 6.16. The topological polar surface area (TPSA) is 34.6 Å². The maximum Gasteiger partial charge on any atom is 0.146 e. The van der Waals surface area contributed by atoms with Gasteiger partial charge in [0, 0.05) is 21.5 Å². The molecule has 0 spiro atoms. The minimum absolute atomic E-state index is 0.987. The Kier molecular flexibility index (Phi) is 4.15. The SMILES string of the molecule is c1ccc2c(c1)nc1c3cc(-c4ccc5c6ccccc6n6c7ccccc7nc6c5c4)ccc3c3ccccc3n21. The highest BCUT2D eigenvalue weighted by Gasteiger charge is 2.16. The summed E-state index contributed by atoms with van der Waals surface area (Å²) < 4.78 is 4.62. The van der Waals surface area contributed by atoms with Gasteiger partial charge in [0.1, 0.15) is 11.3 Å². The highest BCUT2D eigenvalue weighted by Crippen LogP contribution is 2.38. The fraction of sp³-hybridized carbons (Fsp3) is 0. The van der Waals surface area contributed by atoms with Crippen molar-refractivity contribution in [1.82, 2.24) is 18.8 Å². The van der Waals surface area contributed by atoms with Crippen molar-refractivity contribution in [2.75, 3.05) is 0 Å². The Bertz CT molecular complexity index is 2560. The number of fused-ring (bicyclic) bond motifs is 16. The van der Waals surface area contributed by atoms with Crippen LogP contribution in [0.4, 0.5) is 0 Å². The smallest absolute Gasteiger partial charge is 0.146 e. The maximum absolute atomic E-state index is 5.13. The highest BCUT2D eigenvalue weighted by atomic mass is 15.0. The Morgan fingerprint density at radius 3 is 1.21 bits per heavy atom. The molecule has 0 saturated carbocycles. The molecule has 0 aliphatic heterocycles. The Balaban J connectivity index is 1.31. The normalized spacial score (nSPS) is 12.3. The zero-order valence-electron chi connectivity index (χ0n) is 22.5. The molecule has 0 bridgehead atoms. The standard InChI is InChI=1S/C38H22N4/c1-5-13-33-27(9-1)25-19-17-23(21-29(25)37-39-31-11-3-7-15-35(31)41(33)37)24-18-20-26-28-10-2-6-14-34(28)42-36-16-8-4-12-32(36)40-38(42)30(26)22-24/h1-22H. The molecular formula is C38H22N4. The molecule has 10 rings (SSSR count). The molecule has 0 saturated heterocycles. The minimum Gasteiger partial charge on any atom is -0.292 e. The van der Waals surface area contributed by atoms with Gasteiger partial charge in [0.15, 0.2) is 0 Å². The molecule has 0 radical (unpaired) electrons. The van der Waals surface area contributed by atoms with Crippen LogP contribution in [-0.4, -0.2) is 18.8 Å². The van der Waals surface area contributed by atoms with Gasteiger partial charge < -0.3 is 0 Å². The minimum atomic E-state index is 0.987. The van der Waals surface area contributed by atoms with E-state index in [2.05, 4.69) is 142 Å². The van der Waals surface area contributed by atoms with Gasteiger partial charge in [-0.25, -0.2) is 9.97 Å². The molecule has 6 aromatic carbocycles. The van der Waals surface area contributed by atoms with Gasteiger partial charge in [0.25, 0.3) is 0 Å². The van der Waals surface area contributed by atoms with Crippen molar-refractivity contribution in [3.8, 4) is 11.1 Å². The third kappa shape index (κ3) is 2.80.